The van der Waals surface area contributed by atoms with Gasteiger partial charge in [-0.1, -0.05) is 41.9 Å². The molecule has 0 saturated carbocycles. The van der Waals surface area contributed by atoms with Crippen LogP contribution in [0.1, 0.15) is 26.4 Å². The average molecular weight is 299 g/mol. The van der Waals surface area contributed by atoms with Gasteiger partial charge in [0.25, 0.3) is 0 Å². The summed E-state index contributed by atoms with van der Waals surface area (Å²) in [6, 6.07) is 12.0. The number of carbonyl (C=O) groups is 2. The molecule has 3 rings (SSSR count). The molecule has 0 unspecified atom stereocenters. The molecule has 0 bridgehead atoms. The smallest absolute Gasteiger partial charge is 0.211 e. The van der Waals surface area contributed by atoms with Gasteiger partial charge in [-0.05, 0) is 19.1 Å². The quantitative estimate of drug-likeness (QED) is 0.924. The highest BCUT2D eigenvalue weighted by molar-refractivity contribution is 6.50. The number of anilines is 1. The number of carbonyl (C=O) groups excluding carboxylic acids is 2. The van der Waals surface area contributed by atoms with E-state index in [2.05, 4.69) is 10.3 Å². The Labute approximate surface area is 126 Å². The molecule has 0 spiro atoms. The second kappa shape index (κ2) is 5.14. The number of pyridine rings is 1. The lowest BCUT2D eigenvalue weighted by Gasteiger charge is -2.18. The summed E-state index contributed by atoms with van der Waals surface area (Å²) in [5.74, 6) is -0.191. The van der Waals surface area contributed by atoms with Crippen LogP contribution in [0.25, 0.3) is 0 Å². The molecule has 0 aliphatic heterocycles. The van der Waals surface area contributed by atoms with Crippen LogP contribution in [-0.4, -0.2) is 16.6 Å². The predicted molar refractivity (Wildman–Crippen MR) is 80.6 cm³/mol. The molecule has 1 heterocycles. The summed E-state index contributed by atoms with van der Waals surface area (Å²) in [5.41, 5.74) is 1.54. The summed E-state index contributed by atoms with van der Waals surface area (Å²) in [4.78, 5) is 29.0. The molecule has 1 aromatic carbocycles. The van der Waals surface area contributed by atoms with Crippen molar-refractivity contribution in [3.8, 4) is 0 Å². The Hall–Kier alpha value is -2.46. The Morgan fingerprint density at radius 1 is 0.952 bits per heavy atom. The average Bonchev–Trinajstić information content (AvgIpc) is 2.49. The van der Waals surface area contributed by atoms with Crippen LogP contribution < -0.4 is 5.32 Å². The number of hydrogen-bond acceptors (Lipinski definition) is 4. The van der Waals surface area contributed by atoms with E-state index in [9.17, 15) is 9.59 Å². The first-order chi connectivity index (χ1) is 10.1. The van der Waals surface area contributed by atoms with Crippen molar-refractivity contribution in [3.63, 3.8) is 0 Å². The largest absolute Gasteiger partial charge is 0.336 e. The van der Waals surface area contributed by atoms with Crippen molar-refractivity contribution in [1.29, 1.82) is 0 Å². The highest BCUT2D eigenvalue weighted by Crippen LogP contribution is 2.28. The number of Topliss-reactive ketones (excluding diaryl/α,β-unsaturated/α-hetero) is 2. The number of ketones is 2. The van der Waals surface area contributed by atoms with Gasteiger partial charge in [-0.25, -0.2) is 4.98 Å². The van der Waals surface area contributed by atoms with Gasteiger partial charge >= 0.3 is 0 Å². The van der Waals surface area contributed by atoms with Crippen LogP contribution in [0, 0.1) is 6.92 Å². The lowest BCUT2D eigenvalue weighted by Crippen LogP contribution is -2.24. The molecule has 0 saturated heterocycles. The number of allylic oxidation sites excluding steroid dienone is 2. The Balaban J connectivity index is 2.05. The second-order valence-corrected chi connectivity index (χ2v) is 5.06. The van der Waals surface area contributed by atoms with E-state index < -0.39 is 0 Å². The van der Waals surface area contributed by atoms with Crippen molar-refractivity contribution in [2.24, 2.45) is 0 Å². The Morgan fingerprint density at radius 3 is 2.29 bits per heavy atom. The monoisotopic (exact) mass is 298 g/mol. The van der Waals surface area contributed by atoms with Crippen molar-refractivity contribution in [2.45, 2.75) is 6.92 Å². The molecule has 5 heteroatoms. The number of nitrogens with zero attached hydrogens (tertiary/aromatic N) is 1. The van der Waals surface area contributed by atoms with Crippen LogP contribution in [0.15, 0.2) is 53.2 Å². The molecule has 1 aliphatic rings. The topological polar surface area (TPSA) is 59.1 Å². The second-order valence-electron chi connectivity index (χ2n) is 4.68. The van der Waals surface area contributed by atoms with Crippen molar-refractivity contribution < 1.29 is 9.59 Å². The molecular weight excluding hydrogens is 288 g/mol. The number of rotatable bonds is 2. The van der Waals surface area contributed by atoms with Crippen LogP contribution >= 0.6 is 11.6 Å². The number of aryl methyl sites for hydroxylation is 1. The summed E-state index contributed by atoms with van der Waals surface area (Å²) >= 11 is 6.06. The van der Waals surface area contributed by atoms with Gasteiger partial charge in [0.1, 0.15) is 16.5 Å². The van der Waals surface area contributed by atoms with Gasteiger partial charge in [-0.2, -0.15) is 0 Å². The van der Waals surface area contributed by atoms with E-state index in [4.69, 9.17) is 11.6 Å². The maximum Gasteiger partial charge on any atom is 0.211 e. The lowest BCUT2D eigenvalue weighted by atomic mass is 9.92. The molecule has 4 nitrogen and oxygen atoms in total. The van der Waals surface area contributed by atoms with Crippen molar-refractivity contribution in [1.82, 2.24) is 4.98 Å². The normalized spacial score (nSPS) is 14.2. The van der Waals surface area contributed by atoms with E-state index in [1.165, 1.54) is 0 Å². The van der Waals surface area contributed by atoms with Gasteiger partial charge < -0.3 is 5.32 Å². The van der Waals surface area contributed by atoms with Crippen LogP contribution in [0.5, 0.6) is 0 Å². The highest BCUT2D eigenvalue weighted by Gasteiger charge is 2.31. The third kappa shape index (κ3) is 2.34. The molecule has 0 atom stereocenters. The highest BCUT2D eigenvalue weighted by atomic mass is 35.5. The number of aromatic nitrogens is 1. The SMILES string of the molecule is Cc1cccc(NC2=C(Cl)C(=O)c3ccccc3C2=O)n1. The molecule has 0 amide bonds. The Kier molecular flexibility index (Phi) is 3.31. The fraction of sp³-hybridized carbons (Fsp3) is 0.0625. The van der Waals surface area contributed by atoms with Gasteiger partial charge in [0.2, 0.25) is 11.6 Å². The van der Waals surface area contributed by atoms with Crippen LogP contribution in [0.2, 0.25) is 0 Å². The number of nitrogens with one attached hydrogen (secondary N) is 1. The van der Waals surface area contributed by atoms with Gasteiger partial charge in [0.05, 0.1) is 0 Å². The zero-order valence-corrected chi connectivity index (χ0v) is 11.9. The van der Waals surface area contributed by atoms with Crippen LogP contribution in [0.3, 0.4) is 0 Å². The Bertz CT molecular complexity index is 796. The molecule has 1 aliphatic carbocycles. The maximum absolute atomic E-state index is 12.5. The van der Waals surface area contributed by atoms with E-state index in [0.29, 0.717) is 16.9 Å². The summed E-state index contributed by atoms with van der Waals surface area (Å²) in [7, 11) is 0. The standard InChI is InChI=1S/C16H11ClN2O2/c1-9-5-4-8-12(18-9)19-14-13(17)15(20)10-6-2-3-7-11(10)16(14)21/h2-8H,1H3,(H,18,19). The molecular formula is C16H11ClN2O2. The molecule has 21 heavy (non-hydrogen) atoms. The summed E-state index contributed by atoms with van der Waals surface area (Å²) < 4.78 is 0. The summed E-state index contributed by atoms with van der Waals surface area (Å²) in [6.07, 6.45) is 0. The minimum absolute atomic E-state index is 0.0680. The first-order valence-corrected chi connectivity index (χ1v) is 6.74. The zero-order valence-electron chi connectivity index (χ0n) is 11.2. The van der Waals surface area contributed by atoms with Gasteiger partial charge in [0, 0.05) is 16.8 Å². The number of halogens is 1. The minimum atomic E-state index is -0.359. The van der Waals surface area contributed by atoms with Gasteiger partial charge in [-0.15, -0.1) is 0 Å². The van der Waals surface area contributed by atoms with E-state index in [-0.39, 0.29) is 22.3 Å². The fourth-order valence-corrected chi connectivity index (χ4v) is 2.43. The number of fused-ring (bicyclic) bond motifs is 1. The molecule has 0 radical (unpaired) electrons. The molecule has 0 fully saturated rings. The molecule has 104 valence electrons. The minimum Gasteiger partial charge on any atom is -0.336 e. The summed E-state index contributed by atoms with van der Waals surface area (Å²) in [6.45, 7) is 1.84. The Morgan fingerprint density at radius 2 is 1.62 bits per heavy atom. The molecule has 1 N–H and O–H groups in total. The molecule has 2 aromatic rings. The fourth-order valence-electron chi connectivity index (χ4n) is 2.20. The summed E-state index contributed by atoms with van der Waals surface area (Å²) in [5, 5.41) is 2.75. The van der Waals surface area contributed by atoms with Crippen molar-refractivity contribution in [3.05, 3.63) is 70.0 Å². The maximum atomic E-state index is 12.5. The van der Waals surface area contributed by atoms with Crippen LogP contribution in [0.4, 0.5) is 5.82 Å². The predicted octanol–water partition coefficient (Wildman–Crippen LogP) is 3.33. The third-order valence-electron chi connectivity index (χ3n) is 3.20. The zero-order chi connectivity index (χ0) is 15.0. The van der Waals surface area contributed by atoms with E-state index in [1.807, 2.05) is 19.1 Å². The molecule has 1 aromatic heterocycles. The number of benzene rings is 1. The first-order valence-electron chi connectivity index (χ1n) is 6.37. The first kappa shape index (κ1) is 13.5. The van der Waals surface area contributed by atoms with E-state index in [0.717, 1.165) is 5.69 Å². The van der Waals surface area contributed by atoms with E-state index in [1.54, 1.807) is 30.3 Å². The number of hydrogen-bond donors (Lipinski definition) is 1. The van der Waals surface area contributed by atoms with Gasteiger partial charge in [0.15, 0.2) is 0 Å². The van der Waals surface area contributed by atoms with E-state index >= 15 is 0 Å². The third-order valence-corrected chi connectivity index (χ3v) is 3.56. The van der Waals surface area contributed by atoms with Crippen molar-refractivity contribution >= 4 is 29.0 Å². The van der Waals surface area contributed by atoms with Gasteiger partial charge in [-0.3, -0.25) is 9.59 Å². The van der Waals surface area contributed by atoms with Crippen molar-refractivity contribution in [2.75, 3.05) is 5.32 Å². The lowest BCUT2D eigenvalue weighted by molar-refractivity contribution is 0.0982. The van der Waals surface area contributed by atoms with Crippen LogP contribution in [-0.2, 0) is 0 Å².